The van der Waals surface area contributed by atoms with Crippen LogP contribution in [0.1, 0.15) is 36.0 Å². The Kier molecular flexibility index (Phi) is 5.05. The summed E-state index contributed by atoms with van der Waals surface area (Å²) in [7, 11) is 0. The van der Waals surface area contributed by atoms with Crippen molar-refractivity contribution in [2.75, 3.05) is 28.2 Å². The van der Waals surface area contributed by atoms with Crippen molar-refractivity contribution in [2.45, 2.75) is 25.7 Å². The molecular formula is C21H20ClN3O3. The number of carbonyl (C=O) groups is 3. The molecule has 0 aromatic heterocycles. The monoisotopic (exact) mass is 397 g/mol. The molecule has 3 amide bonds. The van der Waals surface area contributed by atoms with Gasteiger partial charge in [0, 0.05) is 42.9 Å². The summed E-state index contributed by atoms with van der Waals surface area (Å²) in [5.74, 6) is -0.116. The molecule has 0 radical (unpaired) electrons. The molecule has 7 heteroatoms. The lowest BCUT2D eigenvalue weighted by Gasteiger charge is -2.18. The Hall–Kier alpha value is -2.86. The van der Waals surface area contributed by atoms with E-state index in [4.69, 9.17) is 11.6 Å². The number of hydrogen-bond acceptors (Lipinski definition) is 3. The van der Waals surface area contributed by atoms with Gasteiger partial charge in [-0.3, -0.25) is 14.4 Å². The van der Waals surface area contributed by atoms with Gasteiger partial charge in [0.1, 0.15) is 0 Å². The van der Waals surface area contributed by atoms with Gasteiger partial charge in [-0.1, -0.05) is 11.6 Å². The molecule has 0 spiro atoms. The third kappa shape index (κ3) is 3.60. The zero-order valence-corrected chi connectivity index (χ0v) is 16.0. The minimum atomic E-state index is -0.300. The number of carbonyl (C=O) groups excluding carboxylic acids is 3. The summed E-state index contributed by atoms with van der Waals surface area (Å²) in [6.07, 6.45) is 2.79. The Morgan fingerprint density at radius 2 is 1.43 bits per heavy atom. The molecule has 2 aliphatic rings. The quantitative estimate of drug-likeness (QED) is 0.851. The smallest absolute Gasteiger partial charge is 0.255 e. The summed E-state index contributed by atoms with van der Waals surface area (Å²) in [5, 5.41) is 3.22. The van der Waals surface area contributed by atoms with Crippen molar-refractivity contribution >= 4 is 46.4 Å². The second kappa shape index (κ2) is 7.64. The summed E-state index contributed by atoms with van der Waals surface area (Å²) in [4.78, 5) is 39.9. The van der Waals surface area contributed by atoms with E-state index in [9.17, 15) is 14.4 Å². The Labute approximate surface area is 168 Å². The van der Waals surface area contributed by atoms with Crippen LogP contribution in [0.4, 0.5) is 17.1 Å². The number of halogens is 1. The predicted octanol–water partition coefficient (Wildman–Crippen LogP) is 3.85. The van der Waals surface area contributed by atoms with Gasteiger partial charge in [-0.2, -0.15) is 0 Å². The van der Waals surface area contributed by atoms with Crippen LogP contribution in [0.15, 0.2) is 42.5 Å². The number of anilines is 3. The zero-order chi connectivity index (χ0) is 19.7. The van der Waals surface area contributed by atoms with E-state index in [1.807, 2.05) is 0 Å². The van der Waals surface area contributed by atoms with E-state index in [0.717, 1.165) is 24.2 Å². The van der Waals surface area contributed by atoms with Crippen molar-refractivity contribution in [3.63, 3.8) is 0 Å². The maximum absolute atomic E-state index is 12.6. The van der Waals surface area contributed by atoms with Crippen molar-refractivity contribution in [3.8, 4) is 0 Å². The number of rotatable bonds is 4. The van der Waals surface area contributed by atoms with Crippen LogP contribution in [0.5, 0.6) is 0 Å². The number of benzene rings is 2. The van der Waals surface area contributed by atoms with Crippen molar-refractivity contribution in [2.24, 2.45) is 0 Å². The van der Waals surface area contributed by atoms with Crippen LogP contribution in [-0.2, 0) is 9.59 Å². The van der Waals surface area contributed by atoms with E-state index in [1.54, 1.807) is 52.3 Å². The Morgan fingerprint density at radius 3 is 2.00 bits per heavy atom. The molecule has 144 valence electrons. The number of nitrogens with one attached hydrogen (secondary N) is 1. The highest BCUT2D eigenvalue weighted by Gasteiger charge is 2.23. The summed E-state index contributed by atoms with van der Waals surface area (Å²) < 4.78 is 0. The lowest BCUT2D eigenvalue weighted by atomic mass is 10.1. The van der Waals surface area contributed by atoms with Crippen molar-refractivity contribution in [1.82, 2.24) is 0 Å². The average molecular weight is 398 g/mol. The lowest BCUT2D eigenvalue weighted by molar-refractivity contribution is -0.117. The van der Waals surface area contributed by atoms with E-state index >= 15 is 0 Å². The summed E-state index contributed by atoms with van der Waals surface area (Å²) in [5.41, 5.74) is 2.45. The third-order valence-electron chi connectivity index (χ3n) is 5.10. The molecule has 28 heavy (non-hydrogen) atoms. The fraction of sp³-hybridized carbons (Fsp3) is 0.286. The predicted molar refractivity (Wildman–Crippen MR) is 109 cm³/mol. The van der Waals surface area contributed by atoms with Gasteiger partial charge in [-0.05, 0) is 55.3 Å². The first kappa shape index (κ1) is 18.5. The van der Waals surface area contributed by atoms with Crippen LogP contribution in [0.3, 0.4) is 0 Å². The van der Waals surface area contributed by atoms with Gasteiger partial charge in [0.25, 0.3) is 5.91 Å². The van der Waals surface area contributed by atoms with Crippen LogP contribution in [0, 0.1) is 0 Å². The lowest BCUT2D eigenvalue weighted by Crippen LogP contribution is -2.24. The fourth-order valence-corrected chi connectivity index (χ4v) is 3.77. The van der Waals surface area contributed by atoms with Gasteiger partial charge in [0.2, 0.25) is 11.8 Å². The Balaban J connectivity index is 1.50. The number of amides is 3. The van der Waals surface area contributed by atoms with E-state index < -0.39 is 0 Å². The third-order valence-corrected chi connectivity index (χ3v) is 5.43. The molecule has 0 unspecified atom stereocenters. The van der Waals surface area contributed by atoms with Gasteiger partial charge in [-0.25, -0.2) is 0 Å². The fourth-order valence-electron chi connectivity index (χ4n) is 3.61. The SMILES string of the molecule is O=C(Nc1cc(N2CCCC2=O)ccc1Cl)c1ccc(N2CCCC2=O)cc1. The van der Waals surface area contributed by atoms with E-state index in [0.29, 0.717) is 42.2 Å². The largest absolute Gasteiger partial charge is 0.321 e. The van der Waals surface area contributed by atoms with Crippen molar-refractivity contribution in [3.05, 3.63) is 53.1 Å². The molecular weight excluding hydrogens is 378 g/mol. The molecule has 2 fully saturated rings. The van der Waals surface area contributed by atoms with Gasteiger partial charge in [0.15, 0.2) is 0 Å². The molecule has 0 aliphatic carbocycles. The summed E-state index contributed by atoms with van der Waals surface area (Å²) >= 11 is 6.24. The Bertz CT molecular complexity index is 942. The van der Waals surface area contributed by atoms with Gasteiger partial charge in [-0.15, -0.1) is 0 Å². The van der Waals surface area contributed by atoms with Crippen molar-refractivity contribution in [1.29, 1.82) is 0 Å². The maximum Gasteiger partial charge on any atom is 0.255 e. The van der Waals surface area contributed by atoms with Gasteiger partial charge < -0.3 is 15.1 Å². The first-order valence-electron chi connectivity index (χ1n) is 9.34. The summed E-state index contributed by atoms with van der Waals surface area (Å²) in [6.45, 7) is 1.38. The van der Waals surface area contributed by atoms with Crippen molar-refractivity contribution < 1.29 is 14.4 Å². The second-order valence-corrected chi connectivity index (χ2v) is 7.37. The maximum atomic E-state index is 12.6. The number of hydrogen-bond donors (Lipinski definition) is 1. The highest BCUT2D eigenvalue weighted by atomic mass is 35.5. The highest BCUT2D eigenvalue weighted by molar-refractivity contribution is 6.34. The molecule has 2 aliphatic heterocycles. The molecule has 0 saturated carbocycles. The zero-order valence-electron chi connectivity index (χ0n) is 15.3. The molecule has 1 N–H and O–H groups in total. The van der Waals surface area contributed by atoms with E-state index in [-0.39, 0.29) is 17.7 Å². The Morgan fingerprint density at radius 1 is 0.857 bits per heavy atom. The van der Waals surface area contributed by atoms with Crippen LogP contribution in [0.25, 0.3) is 0 Å². The highest BCUT2D eigenvalue weighted by Crippen LogP contribution is 2.30. The molecule has 2 saturated heterocycles. The molecule has 2 aromatic carbocycles. The molecule has 0 bridgehead atoms. The van der Waals surface area contributed by atoms with E-state index in [1.165, 1.54) is 0 Å². The molecule has 2 aromatic rings. The van der Waals surface area contributed by atoms with Gasteiger partial charge >= 0.3 is 0 Å². The number of nitrogens with zero attached hydrogens (tertiary/aromatic N) is 2. The normalized spacial score (nSPS) is 16.8. The first-order chi connectivity index (χ1) is 13.5. The second-order valence-electron chi connectivity index (χ2n) is 6.96. The minimum Gasteiger partial charge on any atom is -0.321 e. The minimum absolute atomic E-state index is 0.0756. The van der Waals surface area contributed by atoms with Crippen LogP contribution >= 0.6 is 11.6 Å². The van der Waals surface area contributed by atoms with Crippen LogP contribution in [-0.4, -0.2) is 30.8 Å². The van der Waals surface area contributed by atoms with Crippen LogP contribution in [0.2, 0.25) is 5.02 Å². The molecule has 6 nitrogen and oxygen atoms in total. The first-order valence-corrected chi connectivity index (χ1v) is 9.72. The molecule has 4 rings (SSSR count). The standard InChI is InChI=1S/C21H20ClN3O3/c22-17-10-9-16(25-12-2-4-20(25)27)13-18(17)23-21(28)14-5-7-15(8-6-14)24-11-1-3-19(24)26/h5-10,13H,1-4,11-12H2,(H,23,28). The summed E-state index contributed by atoms with van der Waals surface area (Å²) in [6, 6.07) is 12.1. The van der Waals surface area contributed by atoms with Gasteiger partial charge in [0.05, 0.1) is 10.7 Å². The topological polar surface area (TPSA) is 69.7 Å². The molecule has 0 atom stereocenters. The average Bonchev–Trinajstić information content (AvgIpc) is 3.32. The van der Waals surface area contributed by atoms with Crippen LogP contribution < -0.4 is 15.1 Å². The van der Waals surface area contributed by atoms with E-state index in [2.05, 4.69) is 5.32 Å². The molecule has 2 heterocycles.